The van der Waals surface area contributed by atoms with Crippen LogP contribution < -0.4 is 10.6 Å². The zero-order chi connectivity index (χ0) is 18.7. The molecule has 136 valence electrons. The lowest BCUT2D eigenvalue weighted by molar-refractivity contribution is -0.123. The van der Waals surface area contributed by atoms with Crippen LogP contribution in [0, 0.1) is 13.8 Å². The Morgan fingerprint density at radius 2 is 1.88 bits per heavy atom. The van der Waals surface area contributed by atoms with Gasteiger partial charge in [0, 0.05) is 23.1 Å². The molecule has 2 amide bonds. The SMILES string of the molecule is Cc1cccc(C2(C(=O)NCCC(=O)Nc3cc(Br)ccc3C)CC2)c1. The standard InChI is InChI=1S/C21H23BrN2O2/c1-14-4-3-5-16(12-14)21(9-10-21)20(26)23-11-8-19(25)24-18-13-17(22)7-6-15(18)2/h3-7,12-13H,8-11H2,1-2H3,(H,23,26)(H,24,25). The summed E-state index contributed by atoms with van der Waals surface area (Å²) in [6.07, 6.45) is 1.99. The maximum Gasteiger partial charge on any atom is 0.230 e. The van der Waals surface area contributed by atoms with Crippen molar-refractivity contribution >= 4 is 33.4 Å². The van der Waals surface area contributed by atoms with Crippen LogP contribution in [-0.4, -0.2) is 18.4 Å². The molecule has 3 rings (SSSR count). The summed E-state index contributed by atoms with van der Waals surface area (Å²) in [7, 11) is 0. The molecular weight excluding hydrogens is 392 g/mol. The average molecular weight is 415 g/mol. The molecule has 0 bridgehead atoms. The Labute approximate surface area is 162 Å². The van der Waals surface area contributed by atoms with Crippen molar-refractivity contribution in [2.45, 2.75) is 38.5 Å². The zero-order valence-corrected chi connectivity index (χ0v) is 16.7. The highest BCUT2D eigenvalue weighted by Gasteiger charge is 2.51. The molecule has 1 fully saturated rings. The summed E-state index contributed by atoms with van der Waals surface area (Å²) < 4.78 is 0.917. The fourth-order valence-electron chi connectivity index (χ4n) is 3.11. The molecule has 2 aromatic carbocycles. The maximum absolute atomic E-state index is 12.6. The highest BCUT2D eigenvalue weighted by atomic mass is 79.9. The third kappa shape index (κ3) is 4.15. The Balaban J connectivity index is 1.52. The summed E-state index contributed by atoms with van der Waals surface area (Å²) in [5.74, 6) is -0.0820. The van der Waals surface area contributed by atoms with Crippen LogP contribution in [0.5, 0.6) is 0 Å². The number of hydrogen-bond acceptors (Lipinski definition) is 2. The Kier molecular flexibility index (Phi) is 5.47. The van der Waals surface area contributed by atoms with Gasteiger partial charge in [0.05, 0.1) is 5.41 Å². The van der Waals surface area contributed by atoms with E-state index in [1.165, 1.54) is 0 Å². The first-order valence-electron chi connectivity index (χ1n) is 8.82. The number of nitrogens with one attached hydrogen (secondary N) is 2. The molecule has 4 nitrogen and oxygen atoms in total. The minimum absolute atomic E-state index is 0.0227. The van der Waals surface area contributed by atoms with E-state index in [9.17, 15) is 9.59 Å². The molecule has 0 radical (unpaired) electrons. The summed E-state index contributed by atoms with van der Waals surface area (Å²) in [6, 6.07) is 13.9. The van der Waals surface area contributed by atoms with E-state index in [4.69, 9.17) is 0 Å². The number of halogens is 1. The van der Waals surface area contributed by atoms with Gasteiger partial charge in [0.15, 0.2) is 0 Å². The second-order valence-electron chi connectivity index (χ2n) is 6.96. The van der Waals surface area contributed by atoms with Crippen LogP contribution in [0.4, 0.5) is 5.69 Å². The van der Waals surface area contributed by atoms with Crippen molar-refractivity contribution in [1.82, 2.24) is 5.32 Å². The number of rotatable bonds is 6. The zero-order valence-electron chi connectivity index (χ0n) is 15.1. The highest BCUT2D eigenvalue weighted by molar-refractivity contribution is 9.10. The normalized spacial score (nSPS) is 14.6. The Hall–Kier alpha value is -2.14. The molecule has 0 aromatic heterocycles. The molecule has 5 heteroatoms. The largest absolute Gasteiger partial charge is 0.355 e. The molecular formula is C21H23BrN2O2. The monoisotopic (exact) mass is 414 g/mol. The molecule has 2 aromatic rings. The van der Waals surface area contributed by atoms with Crippen LogP contribution in [0.15, 0.2) is 46.9 Å². The number of hydrogen-bond donors (Lipinski definition) is 2. The van der Waals surface area contributed by atoms with Crippen molar-refractivity contribution in [1.29, 1.82) is 0 Å². The smallest absolute Gasteiger partial charge is 0.230 e. The van der Waals surface area contributed by atoms with Crippen molar-refractivity contribution < 1.29 is 9.59 Å². The van der Waals surface area contributed by atoms with Gasteiger partial charge in [0.1, 0.15) is 0 Å². The fraction of sp³-hybridized carbons (Fsp3) is 0.333. The van der Waals surface area contributed by atoms with E-state index in [0.717, 1.165) is 39.7 Å². The van der Waals surface area contributed by atoms with Gasteiger partial charge < -0.3 is 10.6 Å². The van der Waals surface area contributed by atoms with E-state index < -0.39 is 5.41 Å². The third-order valence-corrected chi connectivity index (χ3v) is 5.36. The summed E-state index contributed by atoms with van der Waals surface area (Å²) in [5, 5.41) is 5.84. The van der Waals surface area contributed by atoms with Crippen LogP contribution in [0.1, 0.15) is 36.0 Å². The topological polar surface area (TPSA) is 58.2 Å². The van der Waals surface area contributed by atoms with Gasteiger partial charge in [-0.25, -0.2) is 0 Å². The first kappa shape index (κ1) is 18.6. The predicted molar refractivity (Wildman–Crippen MR) is 107 cm³/mol. The van der Waals surface area contributed by atoms with Gasteiger partial charge in [-0.05, 0) is 49.9 Å². The van der Waals surface area contributed by atoms with Crippen LogP contribution in [0.25, 0.3) is 0 Å². The fourth-order valence-corrected chi connectivity index (χ4v) is 3.48. The molecule has 0 aliphatic heterocycles. The van der Waals surface area contributed by atoms with E-state index in [1.54, 1.807) is 0 Å². The van der Waals surface area contributed by atoms with Crippen LogP contribution in [0.2, 0.25) is 0 Å². The van der Waals surface area contributed by atoms with Gasteiger partial charge in [0.25, 0.3) is 0 Å². The van der Waals surface area contributed by atoms with Gasteiger partial charge in [-0.3, -0.25) is 9.59 Å². The molecule has 0 unspecified atom stereocenters. The molecule has 0 atom stereocenters. The third-order valence-electron chi connectivity index (χ3n) is 4.87. The lowest BCUT2D eigenvalue weighted by atomic mass is 9.93. The second-order valence-corrected chi connectivity index (χ2v) is 7.88. The van der Waals surface area contributed by atoms with Crippen molar-refractivity contribution in [2.24, 2.45) is 0 Å². The van der Waals surface area contributed by atoms with Gasteiger partial charge in [-0.2, -0.15) is 0 Å². The number of benzene rings is 2. The predicted octanol–water partition coefficient (Wildman–Crippen LogP) is 4.24. The van der Waals surface area contributed by atoms with Crippen molar-refractivity contribution in [3.8, 4) is 0 Å². The molecule has 0 heterocycles. The van der Waals surface area contributed by atoms with Crippen molar-refractivity contribution in [2.75, 3.05) is 11.9 Å². The van der Waals surface area contributed by atoms with Gasteiger partial charge in [-0.15, -0.1) is 0 Å². The molecule has 0 spiro atoms. The highest BCUT2D eigenvalue weighted by Crippen LogP contribution is 2.48. The minimum atomic E-state index is -0.399. The molecule has 2 N–H and O–H groups in total. The average Bonchev–Trinajstić information content (AvgIpc) is 3.40. The quantitative estimate of drug-likeness (QED) is 0.742. The molecule has 1 saturated carbocycles. The summed E-state index contributed by atoms with van der Waals surface area (Å²) >= 11 is 3.41. The van der Waals surface area contributed by atoms with Gasteiger partial charge in [-0.1, -0.05) is 51.8 Å². The maximum atomic E-state index is 12.6. The Bertz CT molecular complexity index is 844. The first-order chi connectivity index (χ1) is 12.4. The van der Waals surface area contributed by atoms with Crippen LogP contribution in [0.3, 0.4) is 0 Å². The van der Waals surface area contributed by atoms with Crippen LogP contribution in [-0.2, 0) is 15.0 Å². The van der Waals surface area contributed by atoms with E-state index in [0.29, 0.717) is 6.54 Å². The molecule has 0 saturated heterocycles. The second kappa shape index (κ2) is 7.62. The number of amides is 2. The number of aryl methyl sites for hydroxylation is 2. The molecule has 1 aliphatic carbocycles. The summed E-state index contributed by atoms with van der Waals surface area (Å²) in [4.78, 5) is 24.8. The number of anilines is 1. The lowest BCUT2D eigenvalue weighted by Gasteiger charge is -2.16. The first-order valence-corrected chi connectivity index (χ1v) is 9.61. The molecule has 26 heavy (non-hydrogen) atoms. The van der Waals surface area contributed by atoms with Gasteiger partial charge >= 0.3 is 0 Å². The number of carbonyl (C=O) groups excluding carboxylic acids is 2. The summed E-state index contributed by atoms with van der Waals surface area (Å²) in [5.41, 5.74) is 3.62. The lowest BCUT2D eigenvalue weighted by Crippen LogP contribution is -2.36. The van der Waals surface area contributed by atoms with E-state index in [-0.39, 0.29) is 18.2 Å². The Morgan fingerprint density at radius 1 is 1.12 bits per heavy atom. The van der Waals surface area contributed by atoms with E-state index in [1.807, 2.05) is 50.2 Å². The Morgan fingerprint density at radius 3 is 2.58 bits per heavy atom. The molecule has 1 aliphatic rings. The van der Waals surface area contributed by atoms with Crippen LogP contribution >= 0.6 is 15.9 Å². The van der Waals surface area contributed by atoms with E-state index >= 15 is 0 Å². The summed E-state index contributed by atoms with van der Waals surface area (Å²) in [6.45, 7) is 4.32. The van der Waals surface area contributed by atoms with Crippen molar-refractivity contribution in [3.05, 3.63) is 63.6 Å². The van der Waals surface area contributed by atoms with Crippen molar-refractivity contribution in [3.63, 3.8) is 0 Å². The van der Waals surface area contributed by atoms with E-state index in [2.05, 4.69) is 32.6 Å². The minimum Gasteiger partial charge on any atom is -0.355 e. The van der Waals surface area contributed by atoms with Gasteiger partial charge in [0.2, 0.25) is 11.8 Å². The number of carbonyl (C=O) groups is 2.